The van der Waals surface area contributed by atoms with E-state index >= 15 is 0 Å². The van der Waals surface area contributed by atoms with Crippen LogP contribution in [-0.2, 0) is 11.4 Å². The van der Waals surface area contributed by atoms with Crippen molar-refractivity contribution in [3.63, 3.8) is 0 Å². The van der Waals surface area contributed by atoms with Crippen molar-refractivity contribution >= 4 is 0 Å². The summed E-state index contributed by atoms with van der Waals surface area (Å²) in [5.41, 5.74) is 2.07. The Morgan fingerprint density at radius 2 is 2.33 bits per heavy atom. The van der Waals surface area contributed by atoms with Crippen molar-refractivity contribution in [3.05, 3.63) is 35.7 Å². The summed E-state index contributed by atoms with van der Waals surface area (Å²) in [7, 11) is 0. The average molecular weight is 205 g/mol. The summed E-state index contributed by atoms with van der Waals surface area (Å²) >= 11 is 0. The molecule has 0 bridgehead atoms. The molecule has 0 aliphatic carbocycles. The molecular formula is C10H11N3O2. The Kier molecular flexibility index (Phi) is 2.75. The summed E-state index contributed by atoms with van der Waals surface area (Å²) in [4.78, 5) is 8.53. The normalized spacial score (nSPS) is 10.5. The quantitative estimate of drug-likeness (QED) is 0.767. The molecule has 0 saturated heterocycles. The van der Waals surface area contributed by atoms with E-state index in [-0.39, 0.29) is 6.61 Å². The third-order valence-corrected chi connectivity index (χ3v) is 1.95. The molecule has 2 rings (SSSR count). The summed E-state index contributed by atoms with van der Waals surface area (Å²) in [6.45, 7) is 2.13. The number of aryl methyl sites for hydroxylation is 1. The van der Waals surface area contributed by atoms with Gasteiger partial charge < -0.3 is 4.52 Å². The lowest BCUT2D eigenvalue weighted by Crippen LogP contribution is -1.98. The van der Waals surface area contributed by atoms with Crippen molar-refractivity contribution in [2.24, 2.45) is 5.90 Å². The highest BCUT2D eigenvalue weighted by atomic mass is 16.6. The van der Waals surface area contributed by atoms with E-state index in [1.165, 1.54) is 0 Å². The van der Waals surface area contributed by atoms with Crippen LogP contribution in [0.3, 0.4) is 0 Å². The molecule has 0 fully saturated rings. The molecule has 0 spiro atoms. The summed E-state index contributed by atoms with van der Waals surface area (Å²) in [5.74, 6) is 5.82. The van der Waals surface area contributed by atoms with E-state index in [2.05, 4.69) is 15.0 Å². The Bertz CT molecular complexity index is 453. The van der Waals surface area contributed by atoms with Crippen molar-refractivity contribution < 1.29 is 9.36 Å². The van der Waals surface area contributed by atoms with Crippen LogP contribution in [0.4, 0.5) is 0 Å². The Morgan fingerprint density at radius 1 is 1.47 bits per heavy atom. The molecule has 1 aromatic heterocycles. The second-order valence-electron chi connectivity index (χ2n) is 3.19. The zero-order valence-corrected chi connectivity index (χ0v) is 8.30. The average Bonchev–Trinajstić information content (AvgIpc) is 2.67. The number of aromatic nitrogens is 2. The molecule has 5 heteroatoms. The fourth-order valence-corrected chi connectivity index (χ4v) is 1.29. The van der Waals surface area contributed by atoms with Gasteiger partial charge in [0.05, 0.1) is 0 Å². The minimum absolute atomic E-state index is 0.124. The number of benzene rings is 1. The summed E-state index contributed by atoms with van der Waals surface area (Å²) < 4.78 is 4.93. The predicted octanol–water partition coefficient (Wildman–Crippen LogP) is 1.44. The molecule has 0 saturated carbocycles. The van der Waals surface area contributed by atoms with Crippen LogP contribution in [0.5, 0.6) is 0 Å². The highest BCUT2D eigenvalue weighted by Gasteiger charge is 2.07. The number of hydrogen-bond donors (Lipinski definition) is 1. The van der Waals surface area contributed by atoms with Crippen LogP contribution in [0.2, 0.25) is 0 Å². The van der Waals surface area contributed by atoms with Gasteiger partial charge in [-0.15, -0.1) is 0 Å². The van der Waals surface area contributed by atoms with Crippen LogP contribution in [0.15, 0.2) is 28.8 Å². The highest BCUT2D eigenvalue weighted by Crippen LogP contribution is 2.16. The SMILES string of the molecule is Cc1cccc(-c2noc(CON)n2)c1. The number of nitrogens with two attached hydrogens (primary N) is 1. The zero-order valence-electron chi connectivity index (χ0n) is 8.30. The van der Waals surface area contributed by atoms with E-state index in [4.69, 9.17) is 10.4 Å². The van der Waals surface area contributed by atoms with Crippen LogP contribution < -0.4 is 5.90 Å². The molecule has 2 aromatic rings. The summed E-state index contributed by atoms with van der Waals surface area (Å²) in [6.07, 6.45) is 0. The van der Waals surface area contributed by atoms with Gasteiger partial charge in [0.1, 0.15) is 6.61 Å². The van der Waals surface area contributed by atoms with E-state index in [0.717, 1.165) is 11.1 Å². The number of hydrogen-bond acceptors (Lipinski definition) is 5. The van der Waals surface area contributed by atoms with Gasteiger partial charge >= 0.3 is 0 Å². The molecular weight excluding hydrogens is 194 g/mol. The Balaban J connectivity index is 2.29. The molecule has 1 aromatic carbocycles. The third kappa shape index (κ3) is 2.20. The van der Waals surface area contributed by atoms with E-state index in [9.17, 15) is 0 Å². The Morgan fingerprint density at radius 3 is 3.07 bits per heavy atom. The second-order valence-corrected chi connectivity index (χ2v) is 3.19. The Hall–Kier alpha value is -1.72. The lowest BCUT2D eigenvalue weighted by atomic mass is 10.1. The lowest BCUT2D eigenvalue weighted by Gasteiger charge is -1.95. The monoisotopic (exact) mass is 205 g/mol. The molecule has 15 heavy (non-hydrogen) atoms. The van der Waals surface area contributed by atoms with Crippen molar-refractivity contribution in [3.8, 4) is 11.4 Å². The maximum Gasteiger partial charge on any atom is 0.255 e. The van der Waals surface area contributed by atoms with Crippen molar-refractivity contribution in [2.75, 3.05) is 0 Å². The summed E-state index contributed by atoms with van der Waals surface area (Å²) in [6, 6.07) is 7.86. The predicted molar refractivity (Wildman–Crippen MR) is 53.4 cm³/mol. The van der Waals surface area contributed by atoms with Gasteiger partial charge in [-0.25, -0.2) is 5.90 Å². The van der Waals surface area contributed by atoms with Gasteiger partial charge in [0.2, 0.25) is 5.82 Å². The second kappa shape index (κ2) is 4.20. The molecule has 0 radical (unpaired) electrons. The van der Waals surface area contributed by atoms with Crippen molar-refractivity contribution in [1.82, 2.24) is 10.1 Å². The highest BCUT2D eigenvalue weighted by molar-refractivity contribution is 5.55. The summed E-state index contributed by atoms with van der Waals surface area (Å²) in [5, 5.41) is 3.82. The third-order valence-electron chi connectivity index (χ3n) is 1.95. The largest absolute Gasteiger partial charge is 0.336 e. The first-order chi connectivity index (χ1) is 7.29. The molecule has 0 unspecified atom stereocenters. The molecule has 0 aliphatic heterocycles. The van der Waals surface area contributed by atoms with Crippen LogP contribution in [0.1, 0.15) is 11.5 Å². The van der Waals surface area contributed by atoms with E-state index < -0.39 is 0 Å². The topological polar surface area (TPSA) is 74.2 Å². The van der Waals surface area contributed by atoms with E-state index in [0.29, 0.717) is 11.7 Å². The molecule has 1 heterocycles. The number of nitrogens with zero attached hydrogens (tertiary/aromatic N) is 2. The van der Waals surface area contributed by atoms with Gasteiger partial charge in [-0.3, -0.25) is 4.84 Å². The minimum Gasteiger partial charge on any atom is -0.336 e. The van der Waals surface area contributed by atoms with Crippen LogP contribution in [-0.4, -0.2) is 10.1 Å². The zero-order chi connectivity index (χ0) is 10.7. The molecule has 5 nitrogen and oxygen atoms in total. The Labute approximate surface area is 86.8 Å². The molecule has 0 aliphatic rings. The molecule has 2 N–H and O–H groups in total. The number of rotatable bonds is 3. The van der Waals surface area contributed by atoms with Gasteiger partial charge in [0.15, 0.2) is 0 Å². The van der Waals surface area contributed by atoms with Crippen molar-refractivity contribution in [2.45, 2.75) is 13.5 Å². The fraction of sp³-hybridized carbons (Fsp3) is 0.200. The first-order valence-electron chi connectivity index (χ1n) is 4.51. The van der Waals surface area contributed by atoms with E-state index in [1.54, 1.807) is 0 Å². The van der Waals surface area contributed by atoms with Gasteiger partial charge in [-0.05, 0) is 13.0 Å². The molecule has 0 atom stereocenters. The van der Waals surface area contributed by atoms with Crippen molar-refractivity contribution in [1.29, 1.82) is 0 Å². The maximum absolute atomic E-state index is 4.93. The van der Waals surface area contributed by atoms with Gasteiger partial charge in [0.25, 0.3) is 5.89 Å². The smallest absolute Gasteiger partial charge is 0.255 e. The van der Waals surface area contributed by atoms with Crippen LogP contribution in [0.25, 0.3) is 11.4 Å². The van der Waals surface area contributed by atoms with Crippen LogP contribution >= 0.6 is 0 Å². The van der Waals surface area contributed by atoms with Crippen LogP contribution in [0, 0.1) is 6.92 Å². The maximum atomic E-state index is 4.93. The molecule has 0 amide bonds. The first kappa shape index (κ1) is 9.82. The fourth-order valence-electron chi connectivity index (χ4n) is 1.29. The van der Waals surface area contributed by atoms with Gasteiger partial charge in [-0.1, -0.05) is 28.9 Å². The molecule has 78 valence electrons. The first-order valence-corrected chi connectivity index (χ1v) is 4.51. The van der Waals surface area contributed by atoms with Gasteiger partial charge in [-0.2, -0.15) is 4.98 Å². The van der Waals surface area contributed by atoms with Gasteiger partial charge in [0, 0.05) is 5.56 Å². The minimum atomic E-state index is 0.124. The van der Waals surface area contributed by atoms with E-state index in [1.807, 2.05) is 31.2 Å². The lowest BCUT2D eigenvalue weighted by molar-refractivity contribution is 0.0996. The standard InChI is InChI=1S/C10H11N3O2/c1-7-3-2-4-8(5-7)10-12-9(6-14-11)15-13-10/h2-5H,6,11H2,1H3.